The van der Waals surface area contributed by atoms with Crippen molar-refractivity contribution in [2.24, 2.45) is 0 Å². The van der Waals surface area contributed by atoms with Crippen molar-refractivity contribution in [2.75, 3.05) is 34.8 Å². The van der Waals surface area contributed by atoms with Gasteiger partial charge >= 0.3 is 6.18 Å². The number of halogens is 7. The van der Waals surface area contributed by atoms with E-state index >= 15 is 8.78 Å². The van der Waals surface area contributed by atoms with Crippen molar-refractivity contribution in [3.8, 4) is 11.4 Å². The molecule has 0 atom stereocenters. The number of carboxylic acid groups (broad SMARTS) is 1. The molecule has 260 valence electrons. The molecular weight excluding hydrogens is 680 g/mol. The third-order valence-electron chi connectivity index (χ3n) is 7.40. The monoisotopic (exact) mass is 715 g/mol. The summed E-state index contributed by atoms with van der Waals surface area (Å²) in [6, 6.07) is 14.5. The molecule has 0 aliphatic rings. The summed E-state index contributed by atoms with van der Waals surface area (Å²) in [6.45, 7) is 4.99. The Morgan fingerprint density at radius 1 is 1.00 bits per heavy atom. The van der Waals surface area contributed by atoms with Gasteiger partial charge in [-0.1, -0.05) is 43.3 Å². The highest BCUT2D eigenvalue weighted by molar-refractivity contribution is 7.98. The average Bonchev–Trinajstić information content (AvgIpc) is 3.41. The number of aromatic nitrogens is 2. The Kier molecular flexibility index (Phi) is 12.7. The number of ether oxygens (including phenoxy) is 1. The van der Waals surface area contributed by atoms with Crippen molar-refractivity contribution in [1.82, 2.24) is 9.55 Å². The second-order valence-electron chi connectivity index (χ2n) is 12.4. The number of carbonyl (C=O) groups excluding carboxylic acids is 1. The fourth-order valence-electron chi connectivity index (χ4n) is 4.75. The smallest absolute Gasteiger partial charge is 0.430 e. The summed E-state index contributed by atoms with van der Waals surface area (Å²) in [7, 11) is 7.84. The first-order chi connectivity index (χ1) is 22.2. The first-order valence-corrected chi connectivity index (χ1v) is 16.0. The molecule has 6 nitrogen and oxygen atoms in total. The van der Waals surface area contributed by atoms with E-state index in [4.69, 9.17) is 26.2 Å². The van der Waals surface area contributed by atoms with Gasteiger partial charge in [0.15, 0.2) is 5.16 Å². The number of imidazole rings is 1. The van der Waals surface area contributed by atoms with Gasteiger partial charge < -0.3 is 19.1 Å². The molecule has 48 heavy (non-hydrogen) atoms. The zero-order chi connectivity index (χ0) is 36.0. The molecular formula is C34H36ClF6N3O3S. The number of rotatable bonds is 11. The Morgan fingerprint density at radius 2 is 1.58 bits per heavy atom. The van der Waals surface area contributed by atoms with Crippen LogP contribution in [0.4, 0.5) is 26.3 Å². The lowest BCUT2D eigenvalue weighted by molar-refractivity contribution is -0.870. The summed E-state index contributed by atoms with van der Waals surface area (Å²) in [5.74, 6) is -3.90. The Hall–Kier alpha value is -3.68. The maximum atomic E-state index is 15.1. The second-order valence-corrected chi connectivity index (χ2v) is 13.8. The lowest BCUT2D eigenvalue weighted by atomic mass is 9.81. The van der Waals surface area contributed by atoms with Gasteiger partial charge in [0.05, 0.1) is 51.7 Å². The molecule has 0 amide bonds. The molecule has 14 heteroatoms. The summed E-state index contributed by atoms with van der Waals surface area (Å²) in [5, 5.41) is 9.82. The van der Waals surface area contributed by atoms with Gasteiger partial charge in [0.2, 0.25) is 0 Å². The van der Waals surface area contributed by atoms with Crippen molar-refractivity contribution in [3.05, 3.63) is 106 Å². The number of quaternary nitrogens is 1. The van der Waals surface area contributed by atoms with Gasteiger partial charge in [-0.15, -0.1) is 0 Å². The third-order valence-corrected chi connectivity index (χ3v) is 8.69. The minimum absolute atomic E-state index is 0.00209. The zero-order valence-corrected chi connectivity index (χ0v) is 28.8. The highest BCUT2D eigenvalue weighted by atomic mass is 35.5. The number of aryl methyl sites for hydroxylation is 1. The van der Waals surface area contributed by atoms with Gasteiger partial charge in [-0.3, -0.25) is 4.57 Å². The number of carbonyl (C=O) groups is 1. The van der Waals surface area contributed by atoms with Crippen LogP contribution in [-0.2, 0) is 22.4 Å². The lowest BCUT2D eigenvalue weighted by Gasteiger charge is -2.28. The standard InChI is InChI=1S/C32H36ClF3N3OS.C2HF3O2/c1-32(2,22-9-14-26(33)29(18-22)40-6)30-19-37-31(38(30)24-12-10-23(34)11-13-24)41-20-25-27(35)16-21(17-28(25)36)8-7-15-39(3,4)5;3-2(4,5)1(6)7/h9-14,16-19H,7-8,15,20H2,1-6H3;(H,6,7)/q+1;/p-1. The largest absolute Gasteiger partial charge is 0.542 e. The fraction of sp³-hybridized carbons (Fsp3) is 0.353. The molecule has 0 saturated heterocycles. The average molecular weight is 716 g/mol. The van der Waals surface area contributed by atoms with Crippen molar-refractivity contribution in [2.45, 2.75) is 49.2 Å². The number of methoxy groups -OCH3 is 1. The predicted octanol–water partition coefficient (Wildman–Crippen LogP) is 7.51. The van der Waals surface area contributed by atoms with E-state index in [1.54, 1.807) is 31.5 Å². The quantitative estimate of drug-likeness (QED) is 0.0914. The van der Waals surface area contributed by atoms with E-state index in [9.17, 15) is 17.6 Å². The van der Waals surface area contributed by atoms with E-state index in [0.29, 0.717) is 33.6 Å². The maximum absolute atomic E-state index is 15.1. The van der Waals surface area contributed by atoms with Crippen LogP contribution in [0.2, 0.25) is 5.02 Å². The molecule has 1 aromatic heterocycles. The molecule has 4 aromatic rings. The van der Waals surface area contributed by atoms with Crippen molar-refractivity contribution in [3.63, 3.8) is 0 Å². The number of benzene rings is 3. The van der Waals surface area contributed by atoms with Crippen LogP contribution in [0.1, 0.15) is 42.7 Å². The molecule has 0 radical (unpaired) electrons. The maximum Gasteiger partial charge on any atom is 0.430 e. The molecule has 0 aliphatic carbocycles. The Bertz CT molecular complexity index is 1700. The molecule has 0 spiro atoms. The number of aliphatic carboxylic acids is 1. The lowest BCUT2D eigenvalue weighted by Crippen LogP contribution is -2.37. The van der Waals surface area contributed by atoms with Crippen LogP contribution in [0.15, 0.2) is 66.0 Å². The number of thioether (sulfide) groups is 1. The molecule has 0 bridgehead atoms. The van der Waals surface area contributed by atoms with Gasteiger partial charge in [-0.05, 0) is 66.1 Å². The van der Waals surface area contributed by atoms with Crippen LogP contribution in [0.5, 0.6) is 5.75 Å². The molecule has 4 rings (SSSR count). The predicted molar refractivity (Wildman–Crippen MR) is 172 cm³/mol. The summed E-state index contributed by atoms with van der Waals surface area (Å²) in [6.07, 6.45) is -2.00. The van der Waals surface area contributed by atoms with Gasteiger partial charge in [-0.2, -0.15) is 13.2 Å². The van der Waals surface area contributed by atoms with Crippen LogP contribution < -0.4 is 9.84 Å². The van der Waals surface area contributed by atoms with Crippen LogP contribution >= 0.6 is 23.4 Å². The molecule has 3 aromatic carbocycles. The topological polar surface area (TPSA) is 67.2 Å². The van der Waals surface area contributed by atoms with E-state index in [2.05, 4.69) is 26.1 Å². The van der Waals surface area contributed by atoms with Gasteiger partial charge in [0, 0.05) is 28.8 Å². The van der Waals surface area contributed by atoms with Crippen molar-refractivity contribution >= 4 is 29.3 Å². The highest BCUT2D eigenvalue weighted by Crippen LogP contribution is 2.39. The Labute approximate surface area is 284 Å². The number of hydrogen-bond donors (Lipinski definition) is 0. The molecule has 1 heterocycles. The van der Waals surface area contributed by atoms with Crippen LogP contribution in [-0.4, -0.2) is 61.0 Å². The summed E-state index contributed by atoms with van der Waals surface area (Å²) >= 11 is 7.50. The van der Waals surface area contributed by atoms with E-state index in [1.807, 2.05) is 30.5 Å². The zero-order valence-electron chi connectivity index (χ0n) is 27.2. The van der Waals surface area contributed by atoms with Crippen molar-refractivity contribution in [1.29, 1.82) is 0 Å². The molecule has 0 saturated carbocycles. The fourth-order valence-corrected chi connectivity index (χ4v) is 5.95. The first-order valence-electron chi connectivity index (χ1n) is 14.6. The van der Waals surface area contributed by atoms with Crippen LogP contribution in [0.3, 0.4) is 0 Å². The second kappa shape index (κ2) is 15.7. The highest BCUT2D eigenvalue weighted by Gasteiger charge is 2.31. The molecule has 0 aliphatic heterocycles. The number of nitrogens with zero attached hydrogens (tertiary/aromatic N) is 3. The summed E-state index contributed by atoms with van der Waals surface area (Å²) < 4.78 is 83.7. The Balaban J connectivity index is 0.000000804. The minimum Gasteiger partial charge on any atom is -0.542 e. The normalized spacial score (nSPS) is 12.0. The third kappa shape index (κ3) is 10.2. The van der Waals surface area contributed by atoms with E-state index in [0.717, 1.165) is 28.7 Å². The SMILES string of the molecule is COc1cc(C(C)(C)c2cnc(SCc3c(F)cc(CCC[N+](C)(C)C)cc3F)n2-c2ccc(F)cc2)ccc1Cl.O=C([O-])C(F)(F)F. The van der Waals surface area contributed by atoms with Crippen LogP contribution in [0.25, 0.3) is 5.69 Å². The Morgan fingerprint density at radius 3 is 2.10 bits per heavy atom. The van der Waals surface area contributed by atoms with Crippen molar-refractivity contribution < 1.29 is 45.5 Å². The van der Waals surface area contributed by atoms with E-state index in [1.165, 1.54) is 36.0 Å². The molecule has 0 unspecified atom stereocenters. The number of alkyl halides is 3. The van der Waals surface area contributed by atoms with Gasteiger partial charge in [-0.25, -0.2) is 18.2 Å². The van der Waals surface area contributed by atoms with E-state index in [-0.39, 0.29) is 17.1 Å². The van der Waals surface area contributed by atoms with Crippen LogP contribution in [0, 0.1) is 17.5 Å². The first kappa shape index (κ1) is 38.8. The number of carboxylic acids is 1. The van der Waals surface area contributed by atoms with E-state index < -0.39 is 29.2 Å². The minimum atomic E-state index is -5.19. The molecule has 0 fully saturated rings. The van der Waals surface area contributed by atoms with Gasteiger partial charge in [0.25, 0.3) is 0 Å². The summed E-state index contributed by atoms with van der Waals surface area (Å²) in [4.78, 5) is 13.4. The summed E-state index contributed by atoms with van der Waals surface area (Å²) in [5.41, 5.74) is 2.49. The van der Waals surface area contributed by atoms with Gasteiger partial charge in [0.1, 0.15) is 29.2 Å². The molecule has 0 N–H and O–H groups in total. The number of hydrogen-bond acceptors (Lipinski definition) is 5.